The second-order valence-corrected chi connectivity index (χ2v) is 4.79. The lowest BCUT2D eigenvalue weighted by molar-refractivity contribution is 0.672. The minimum absolute atomic E-state index is 0.676. The van der Waals surface area contributed by atoms with Gasteiger partial charge in [0.1, 0.15) is 0 Å². The van der Waals surface area contributed by atoms with Crippen LogP contribution < -0.4 is 5.32 Å². The summed E-state index contributed by atoms with van der Waals surface area (Å²) in [4.78, 5) is 0. The summed E-state index contributed by atoms with van der Waals surface area (Å²) in [7, 11) is 0. The zero-order valence-electron chi connectivity index (χ0n) is 10.6. The first-order chi connectivity index (χ1) is 8.78. The van der Waals surface area contributed by atoms with Crippen LogP contribution in [-0.2, 0) is 13.1 Å². The molecule has 0 fully saturated rings. The molecule has 0 aliphatic carbocycles. The predicted octanol–water partition coefficient (Wildman–Crippen LogP) is 3.08. The van der Waals surface area contributed by atoms with Crippen LogP contribution in [0, 0.1) is 0 Å². The van der Waals surface area contributed by atoms with E-state index >= 15 is 0 Å². The van der Waals surface area contributed by atoms with Gasteiger partial charge in [-0.05, 0) is 24.1 Å². The number of aromatic nitrogens is 2. The fraction of sp³-hybridized carbons (Fsp3) is 0.357. The number of rotatable bonds is 6. The lowest BCUT2D eigenvalue weighted by Gasteiger charge is -2.05. The summed E-state index contributed by atoms with van der Waals surface area (Å²) >= 11 is 5.83. The molecule has 0 atom stereocenters. The smallest absolute Gasteiger partial charge is 0.0785 e. The zero-order chi connectivity index (χ0) is 12.8. The Balaban J connectivity index is 1.91. The molecule has 0 saturated heterocycles. The average molecular weight is 264 g/mol. The van der Waals surface area contributed by atoms with Gasteiger partial charge in [-0.1, -0.05) is 42.8 Å². The third-order valence-electron chi connectivity index (χ3n) is 2.73. The number of hydrogen-bond donors (Lipinski definition) is 1. The van der Waals surface area contributed by atoms with Crippen LogP contribution in [0.15, 0.2) is 36.7 Å². The highest BCUT2D eigenvalue weighted by Gasteiger charge is 1.98. The largest absolute Gasteiger partial charge is 0.313 e. The first kappa shape index (κ1) is 13.1. The summed E-state index contributed by atoms with van der Waals surface area (Å²) < 4.78 is 1.84. The maximum atomic E-state index is 5.83. The fourth-order valence-corrected chi connectivity index (χ4v) is 1.94. The molecule has 2 aromatic rings. The Labute approximate surface area is 113 Å². The monoisotopic (exact) mass is 263 g/mol. The summed E-state index contributed by atoms with van der Waals surface area (Å²) in [5.74, 6) is 0. The number of nitrogens with one attached hydrogen (secondary N) is 1. The van der Waals surface area contributed by atoms with Crippen LogP contribution in [0.3, 0.4) is 0 Å². The van der Waals surface area contributed by atoms with Crippen molar-refractivity contribution in [1.82, 2.24) is 15.1 Å². The Bertz CT molecular complexity index is 476. The number of hydrogen-bond acceptors (Lipinski definition) is 2. The van der Waals surface area contributed by atoms with Gasteiger partial charge in [0.2, 0.25) is 0 Å². The van der Waals surface area contributed by atoms with Gasteiger partial charge in [0.05, 0.1) is 17.8 Å². The van der Waals surface area contributed by atoms with Crippen molar-refractivity contribution in [2.75, 3.05) is 6.54 Å². The van der Waals surface area contributed by atoms with Gasteiger partial charge in [0, 0.05) is 12.7 Å². The Hall–Kier alpha value is -1.32. The van der Waals surface area contributed by atoms with E-state index in [1.807, 2.05) is 10.9 Å². The van der Waals surface area contributed by atoms with Crippen molar-refractivity contribution in [3.63, 3.8) is 0 Å². The molecule has 1 heterocycles. The molecular formula is C14H18ClN3. The first-order valence-corrected chi connectivity index (χ1v) is 6.62. The van der Waals surface area contributed by atoms with Gasteiger partial charge in [-0.3, -0.25) is 4.68 Å². The summed E-state index contributed by atoms with van der Waals surface area (Å²) in [5, 5.41) is 8.23. The van der Waals surface area contributed by atoms with E-state index in [-0.39, 0.29) is 0 Å². The Morgan fingerprint density at radius 3 is 2.56 bits per heavy atom. The Morgan fingerprint density at radius 2 is 1.94 bits per heavy atom. The first-order valence-electron chi connectivity index (χ1n) is 6.24. The molecule has 1 aromatic heterocycles. The molecule has 0 unspecified atom stereocenters. The molecule has 0 spiro atoms. The number of halogens is 1. The zero-order valence-corrected chi connectivity index (χ0v) is 11.3. The minimum atomic E-state index is 0.676. The third kappa shape index (κ3) is 3.86. The molecule has 0 bridgehead atoms. The highest BCUT2D eigenvalue weighted by Crippen LogP contribution is 2.09. The van der Waals surface area contributed by atoms with Gasteiger partial charge in [0.15, 0.2) is 0 Å². The topological polar surface area (TPSA) is 29.9 Å². The molecule has 18 heavy (non-hydrogen) atoms. The van der Waals surface area contributed by atoms with Crippen LogP contribution in [0.1, 0.15) is 24.5 Å². The molecule has 0 saturated carbocycles. The third-order valence-corrected chi connectivity index (χ3v) is 2.92. The second-order valence-electron chi connectivity index (χ2n) is 4.35. The van der Waals surface area contributed by atoms with Crippen molar-refractivity contribution in [2.24, 2.45) is 0 Å². The average Bonchev–Trinajstić information content (AvgIpc) is 2.77. The molecule has 0 radical (unpaired) electrons. The molecule has 96 valence electrons. The molecule has 4 heteroatoms. The van der Waals surface area contributed by atoms with Gasteiger partial charge in [-0.15, -0.1) is 0 Å². The van der Waals surface area contributed by atoms with E-state index in [0.29, 0.717) is 5.02 Å². The number of nitrogens with zero attached hydrogens (tertiary/aromatic N) is 2. The molecule has 2 rings (SSSR count). The van der Waals surface area contributed by atoms with E-state index in [4.69, 9.17) is 11.6 Å². The fourth-order valence-electron chi connectivity index (χ4n) is 1.78. The summed E-state index contributed by atoms with van der Waals surface area (Å²) in [6.07, 6.45) is 4.65. The van der Waals surface area contributed by atoms with Crippen molar-refractivity contribution in [1.29, 1.82) is 0 Å². The van der Waals surface area contributed by atoms with E-state index in [0.717, 1.165) is 26.1 Å². The van der Waals surface area contributed by atoms with Crippen LogP contribution in [0.2, 0.25) is 5.02 Å². The summed E-state index contributed by atoms with van der Waals surface area (Å²) in [5.41, 5.74) is 2.54. The summed E-state index contributed by atoms with van der Waals surface area (Å²) in [6.45, 7) is 4.93. The van der Waals surface area contributed by atoms with Gasteiger partial charge in [0.25, 0.3) is 0 Å². The van der Waals surface area contributed by atoms with E-state index in [9.17, 15) is 0 Å². The lowest BCUT2D eigenvalue weighted by atomic mass is 10.1. The molecule has 1 N–H and O–H groups in total. The SMILES string of the molecule is CCCNCc1ccc(Cn2cc(Cl)cn2)cc1. The summed E-state index contributed by atoms with van der Waals surface area (Å²) in [6, 6.07) is 8.59. The standard InChI is InChI=1S/C14H18ClN3/c1-2-7-16-8-12-3-5-13(6-4-12)10-18-11-14(15)9-17-18/h3-6,9,11,16H,2,7-8,10H2,1H3. The van der Waals surface area contributed by atoms with E-state index in [1.165, 1.54) is 11.1 Å². The maximum Gasteiger partial charge on any atom is 0.0785 e. The highest BCUT2D eigenvalue weighted by molar-refractivity contribution is 6.30. The minimum Gasteiger partial charge on any atom is -0.313 e. The molecular weight excluding hydrogens is 246 g/mol. The van der Waals surface area contributed by atoms with Crippen LogP contribution in [0.4, 0.5) is 0 Å². The van der Waals surface area contributed by atoms with Crippen LogP contribution in [-0.4, -0.2) is 16.3 Å². The van der Waals surface area contributed by atoms with Crippen molar-refractivity contribution >= 4 is 11.6 Å². The van der Waals surface area contributed by atoms with Gasteiger partial charge < -0.3 is 5.32 Å². The molecule has 1 aromatic carbocycles. The van der Waals surface area contributed by atoms with Gasteiger partial charge in [-0.25, -0.2) is 0 Å². The van der Waals surface area contributed by atoms with E-state index in [2.05, 4.69) is 41.6 Å². The molecule has 0 aliphatic rings. The molecule has 0 aliphatic heterocycles. The molecule has 0 amide bonds. The lowest BCUT2D eigenvalue weighted by Crippen LogP contribution is -2.13. The van der Waals surface area contributed by atoms with Crippen molar-refractivity contribution in [3.05, 3.63) is 52.8 Å². The quantitative estimate of drug-likeness (QED) is 0.812. The van der Waals surface area contributed by atoms with Gasteiger partial charge >= 0.3 is 0 Å². The Kier molecular flexibility index (Phi) is 4.79. The van der Waals surface area contributed by atoms with Crippen molar-refractivity contribution in [2.45, 2.75) is 26.4 Å². The van der Waals surface area contributed by atoms with Gasteiger partial charge in [-0.2, -0.15) is 5.10 Å². The van der Waals surface area contributed by atoms with Crippen LogP contribution >= 0.6 is 11.6 Å². The molecule has 3 nitrogen and oxygen atoms in total. The maximum absolute atomic E-state index is 5.83. The highest BCUT2D eigenvalue weighted by atomic mass is 35.5. The second kappa shape index (κ2) is 6.57. The normalized spacial score (nSPS) is 10.8. The van der Waals surface area contributed by atoms with Crippen molar-refractivity contribution < 1.29 is 0 Å². The van der Waals surface area contributed by atoms with E-state index in [1.54, 1.807) is 6.20 Å². The van der Waals surface area contributed by atoms with Crippen LogP contribution in [0.25, 0.3) is 0 Å². The van der Waals surface area contributed by atoms with E-state index < -0.39 is 0 Å². The van der Waals surface area contributed by atoms with Crippen LogP contribution in [0.5, 0.6) is 0 Å². The van der Waals surface area contributed by atoms with Crippen molar-refractivity contribution in [3.8, 4) is 0 Å². The number of benzene rings is 1. The Morgan fingerprint density at radius 1 is 1.22 bits per heavy atom. The predicted molar refractivity (Wildman–Crippen MR) is 74.8 cm³/mol.